The van der Waals surface area contributed by atoms with Gasteiger partial charge in [0.25, 0.3) is 0 Å². The van der Waals surface area contributed by atoms with Gasteiger partial charge in [0, 0.05) is 42.3 Å². The normalized spacial score (nSPS) is 13.1. The molecule has 1 N–H and O–H groups in total. The van der Waals surface area contributed by atoms with E-state index in [-0.39, 0.29) is 5.56 Å². The first-order valence-corrected chi connectivity index (χ1v) is 13.6. The van der Waals surface area contributed by atoms with Crippen LogP contribution in [0.15, 0.2) is 103 Å². The highest BCUT2D eigenvalue weighted by Gasteiger charge is 2.18. The van der Waals surface area contributed by atoms with Gasteiger partial charge in [0.05, 0.1) is 22.3 Å². The van der Waals surface area contributed by atoms with Gasteiger partial charge in [0.2, 0.25) is 0 Å². The van der Waals surface area contributed by atoms with Crippen molar-refractivity contribution in [2.75, 3.05) is 18.0 Å². The lowest BCUT2D eigenvalue weighted by Crippen LogP contribution is -2.17. The van der Waals surface area contributed by atoms with Crippen molar-refractivity contribution in [2.24, 2.45) is 0 Å². The second-order valence-corrected chi connectivity index (χ2v) is 10.1. The van der Waals surface area contributed by atoms with Gasteiger partial charge in [0.15, 0.2) is 11.6 Å². The van der Waals surface area contributed by atoms with Gasteiger partial charge in [-0.15, -0.1) is 5.10 Å². The number of carboxylic acids is 1. The predicted molar refractivity (Wildman–Crippen MR) is 159 cm³/mol. The Balaban J connectivity index is 1.26. The van der Waals surface area contributed by atoms with Gasteiger partial charge in [0.1, 0.15) is 0 Å². The van der Waals surface area contributed by atoms with Gasteiger partial charge in [-0.3, -0.25) is 9.97 Å². The summed E-state index contributed by atoms with van der Waals surface area (Å²) in [6, 6.07) is 29.4. The zero-order valence-corrected chi connectivity index (χ0v) is 22.2. The van der Waals surface area contributed by atoms with Crippen LogP contribution in [0.5, 0.6) is 0 Å². The van der Waals surface area contributed by atoms with Gasteiger partial charge >= 0.3 is 5.97 Å². The molecule has 0 saturated carbocycles. The topological polar surface area (TPSA) is 97.0 Å². The number of aromatic carboxylic acids is 1. The molecule has 0 spiro atoms. The minimum atomic E-state index is -1.00. The van der Waals surface area contributed by atoms with E-state index in [1.165, 1.54) is 18.5 Å². The average Bonchev–Trinajstić information content (AvgIpc) is 3.73. The maximum Gasteiger partial charge on any atom is 0.335 e. The highest BCUT2D eigenvalue weighted by atomic mass is 16.4. The van der Waals surface area contributed by atoms with Crippen molar-refractivity contribution in [1.29, 1.82) is 0 Å². The van der Waals surface area contributed by atoms with Crippen molar-refractivity contribution < 1.29 is 9.90 Å². The number of anilines is 1. The summed E-state index contributed by atoms with van der Waals surface area (Å²) in [4.78, 5) is 27.8. The van der Waals surface area contributed by atoms with Gasteiger partial charge < -0.3 is 10.0 Å². The van der Waals surface area contributed by atoms with E-state index in [1.807, 2.05) is 36.4 Å². The van der Waals surface area contributed by atoms with Crippen LogP contribution >= 0.6 is 0 Å². The van der Waals surface area contributed by atoms with Crippen LogP contribution in [0.4, 0.5) is 5.69 Å². The number of nitrogens with zero attached hydrogens (tertiary/aromatic N) is 6. The molecule has 7 rings (SSSR count). The van der Waals surface area contributed by atoms with Crippen LogP contribution in [-0.2, 0) is 0 Å². The number of carboxylic acid groups (broad SMARTS) is 1. The highest BCUT2D eigenvalue weighted by Crippen LogP contribution is 2.30. The SMILES string of the molecule is O=C(O)c1cccc(-n2nc(-c3ccc(-c4ccc(N5CCCC5)cc4)cc3)nc2-c2ccc3nccnc3c2)c1. The minimum Gasteiger partial charge on any atom is -0.478 e. The Labute approximate surface area is 236 Å². The van der Waals surface area contributed by atoms with Crippen molar-refractivity contribution in [3.63, 3.8) is 0 Å². The zero-order valence-electron chi connectivity index (χ0n) is 22.2. The number of hydrogen-bond acceptors (Lipinski definition) is 6. The van der Waals surface area contributed by atoms with Crippen molar-refractivity contribution in [3.8, 4) is 39.6 Å². The lowest BCUT2D eigenvalue weighted by Gasteiger charge is -2.17. The lowest BCUT2D eigenvalue weighted by atomic mass is 10.0. The van der Waals surface area contributed by atoms with Crippen LogP contribution in [0.3, 0.4) is 0 Å². The summed E-state index contributed by atoms with van der Waals surface area (Å²) in [6.45, 7) is 2.26. The number of rotatable bonds is 6. The summed E-state index contributed by atoms with van der Waals surface area (Å²) in [6.07, 6.45) is 5.83. The Morgan fingerprint density at radius 3 is 2.07 bits per heavy atom. The average molecular weight is 539 g/mol. The molecule has 2 aromatic heterocycles. The number of aromatic nitrogens is 5. The van der Waals surface area contributed by atoms with E-state index in [4.69, 9.17) is 10.1 Å². The molecule has 1 aliphatic heterocycles. The van der Waals surface area contributed by atoms with Crippen molar-refractivity contribution >= 4 is 22.7 Å². The molecule has 3 heterocycles. The molecule has 41 heavy (non-hydrogen) atoms. The Hall–Kier alpha value is -5.37. The number of carbonyl (C=O) groups is 1. The third-order valence-electron chi connectivity index (χ3n) is 7.49. The number of benzene rings is 4. The van der Waals surface area contributed by atoms with E-state index < -0.39 is 5.97 Å². The van der Waals surface area contributed by atoms with E-state index in [1.54, 1.807) is 35.3 Å². The Bertz CT molecular complexity index is 1870. The number of fused-ring (bicyclic) bond motifs is 1. The molecule has 1 saturated heterocycles. The molecule has 1 aliphatic rings. The molecule has 0 bridgehead atoms. The third-order valence-corrected chi connectivity index (χ3v) is 7.49. The van der Waals surface area contributed by atoms with Crippen molar-refractivity contribution in [3.05, 3.63) is 109 Å². The minimum absolute atomic E-state index is 0.176. The Morgan fingerprint density at radius 2 is 1.34 bits per heavy atom. The Morgan fingerprint density at radius 1 is 0.683 bits per heavy atom. The van der Waals surface area contributed by atoms with Crippen LogP contribution in [0.25, 0.3) is 50.6 Å². The molecular weight excluding hydrogens is 512 g/mol. The lowest BCUT2D eigenvalue weighted by molar-refractivity contribution is 0.0697. The first-order valence-electron chi connectivity index (χ1n) is 13.6. The van der Waals surface area contributed by atoms with Crippen molar-refractivity contribution in [2.45, 2.75) is 12.8 Å². The summed E-state index contributed by atoms with van der Waals surface area (Å²) in [5, 5.41) is 14.4. The summed E-state index contributed by atoms with van der Waals surface area (Å²) in [7, 11) is 0. The highest BCUT2D eigenvalue weighted by molar-refractivity contribution is 5.88. The second kappa shape index (κ2) is 10.3. The molecule has 200 valence electrons. The van der Waals surface area contributed by atoms with E-state index in [9.17, 15) is 9.90 Å². The maximum atomic E-state index is 11.7. The molecule has 0 aliphatic carbocycles. The van der Waals surface area contributed by atoms with Crippen LogP contribution in [0.1, 0.15) is 23.2 Å². The second-order valence-electron chi connectivity index (χ2n) is 10.1. The molecule has 4 aromatic carbocycles. The molecule has 8 heteroatoms. The summed E-state index contributed by atoms with van der Waals surface area (Å²) < 4.78 is 1.68. The van der Waals surface area contributed by atoms with Gasteiger partial charge in [-0.1, -0.05) is 42.5 Å². The van der Waals surface area contributed by atoms with Crippen LogP contribution in [0.2, 0.25) is 0 Å². The van der Waals surface area contributed by atoms with Crippen LogP contribution in [-0.4, -0.2) is 48.9 Å². The standard InChI is InChI=1S/C33H26N6O2/c40-33(41)26-4-3-5-28(20-26)39-32(25-12-15-29-30(21-25)35-17-16-34-29)36-31(37-39)24-8-6-22(7-9-24)23-10-13-27(14-11-23)38-18-1-2-19-38/h3-17,20-21H,1-2,18-19H2,(H,40,41). The first kappa shape index (κ1) is 24.7. The fourth-order valence-electron chi connectivity index (χ4n) is 5.33. The molecule has 0 atom stereocenters. The third kappa shape index (κ3) is 4.80. The molecule has 0 radical (unpaired) electrons. The molecule has 0 amide bonds. The van der Waals surface area contributed by atoms with Crippen molar-refractivity contribution in [1.82, 2.24) is 24.7 Å². The number of hydrogen-bond donors (Lipinski definition) is 1. The van der Waals surface area contributed by atoms with Crippen LogP contribution < -0.4 is 4.90 Å². The van der Waals surface area contributed by atoms with Gasteiger partial charge in [-0.05, 0) is 72.5 Å². The molecule has 0 unspecified atom stereocenters. The monoisotopic (exact) mass is 538 g/mol. The molecule has 8 nitrogen and oxygen atoms in total. The fraction of sp³-hybridized carbons (Fsp3) is 0.121. The largest absolute Gasteiger partial charge is 0.478 e. The van der Waals surface area contributed by atoms with E-state index >= 15 is 0 Å². The first-order chi connectivity index (χ1) is 20.1. The summed E-state index contributed by atoms with van der Waals surface area (Å²) in [5.41, 5.74) is 7.49. The van der Waals surface area contributed by atoms with E-state index in [0.717, 1.165) is 46.4 Å². The van der Waals surface area contributed by atoms with Gasteiger partial charge in [-0.2, -0.15) is 0 Å². The smallest absolute Gasteiger partial charge is 0.335 e. The van der Waals surface area contributed by atoms with Gasteiger partial charge in [-0.25, -0.2) is 14.5 Å². The Kier molecular flexibility index (Phi) is 6.20. The predicted octanol–water partition coefficient (Wildman–Crippen LogP) is 6.51. The summed E-state index contributed by atoms with van der Waals surface area (Å²) in [5.74, 6) is 0.117. The quantitative estimate of drug-likeness (QED) is 0.258. The fourth-order valence-corrected chi connectivity index (χ4v) is 5.33. The van der Waals surface area contributed by atoms with E-state index in [0.29, 0.717) is 17.3 Å². The maximum absolute atomic E-state index is 11.7. The molecule has 1 fully saturated rings. The molecule has 6 aromatic rings. The van der Waals surface area contributed by atoms with E-state index in [2.05, 4.69) is 51.3 Å². The van der Waals surface area contributed by atoms with Crippen LogP contribution in [0, 0.1) is 0 Å². The summed E-state index contributed by atoms with van der Waals surface area (Å²) >= 11 is 0. The zero-order chi connectivity index (χ0) is 27.8. The molecular formula is C33H26N6O2.